The summed E-state index contributed by atoms with van der Waals surface area (Å²) in [6.07, 6.45) is 5.29. The number of halogens is 1. The van der Waals surface area contributed by atoms with Gasteiger partial charge in [0.1, 0.15) is 17.6 Å². The maximum Gasteiger partial charge on any atom is 0.158 e. The second kappa shape index (κ2) is 7.06. The molecule has 0 atom stereocenters. The molecule has 1 fully saturated rings. The Morgan fingerprint density at radius 2 is 2.05 bits per heavy atom. The molecule has 1 aromatic heterocycles. The van der Waals surface area contributed by atoms with Crippen LogP contribution in [0.4, 0.5) is 5.82 Å². The number of aromatic nitrogens is 2. The average molecular weight is 284 g/mol. The van der Waals surface area contributed by atoms with Crippen LogP contribution in [-0.4, -0.2) is 23.6 Å². The first-order valence-corrected chi connectivity index (χ1v) is 7.31. The molecule has 0 aromatic carbocycles. The van der Waals surface area contributed by atoms with Crippen LogP contribution >= 0.6 is 11.6 Å². The van der Waals surface area contributed by atoms with E-state index in [2.05, 4.69) is 22.2 Å². The fourth-order valence-electron chi connectivity index (χ4n) is 2.53. The normalized spacial score (nSPS) is 23.3. The molecule has 1 saturated carbocycles. The number of hydrogen-bond acceptors (Lipinski definition) is 4. The van der Waals surface area contributed by atoms with Gasteiger partial charge in [-0.25, -0.2) is 9.97 Å². The highest BCUT2D eigenvalue weighted by Crippen LogP contribution is 2.28. The molecule has 5 heteroatoms. The molecule has 0 spiro atoms. The Bertz CT molecular complexity index is 406. The third-order valence-electron chi connectivity index (χ3n) is 3.72. The Morgan fingerprint density at radius 1 is 1.32 bits per heavy atom. The van der Waals surface area contributed by atoms with Crippen molar-refractivity contribution >= 4 is 17.4 Å². The van der Waals surface area contributed by atoms with Crippen LogP contribution in [0.15, 0.2) is 6.07 Å². The summed E-state index contributed by atoms with van der Waals surface area (Å²) in [5.41, 5.74) is 0. The van der Waals surface area contributed by atoms with Gasteiger partial charge in [-0.2, -0.15) is 0 Å². The van der Waals surface area contributed by atoms with Crippen LogP contribution in [0.25, 0.3) is 0 Å². The molecule has 1 heterocycles. The van der Waals surface area contributed by atoms with E-state index < -0.39 is 0 Å². The van der Waals surface area contributed by atoms with E-state index >= 15 is 0 Å². The smallest absolute Gasteiger partial charge is 0.158 e. The van der Waals surface area contributed by atoms with Crippen molar-refractivity contribution in [2.45, 2.75) is 39.2 Å². The van der Waals surface area contributed by atoms with Gasteiger partial charge >= 0.3 is 0 Å². The van der Waals surface area contributed by atoms with E-state index in [1.807, 2.05) is 0 Å². The molecule has 0 amide bonds. The molecule has 1 aliphatic carbocycles. The Kier molecular flexibility index (Phi) is 5.40. The van der Waals surface area contributed by atoms with Crippen molar-refractivity contribution in [3.63, 3.8) is 0 Å². The van der Waals surface area contributed by atoms with Crippen LogP contribution in [0.3, 0.4) is 0 Å². The van der Waals surface area contributed by atoms with E-state index in [9.17, 15) is 0 Å². The fraction of sp³-hybridized carbons (Fsp3) is 0.714. The summed E-state index contributed by atoms with van der Waals surface area (Å²) in [4.78, 5) is 8.51. The minimum absolute atomic E-state index is 0.385. The third kappa shape index (κ3) is 4.62. The zero-order chi connectivity index (χ0) is 13.7. The van der Waals surface area contributed by atoms with Crippen LogP contribution in [0.1, 0.15) is 38.4 Å². The highest BCUT2D eigenvalue weighted by molar-refractivity contribution is 6.29. The van der Waals surface area contributed by atoms with Crippen LogP contribution in [0.5, 0.6) is 0 Å². The first-order chi connectivity index (χ1) is 9.17. The molecule has 0 saturated heterocycles. The van der Waals surface area contributed by atoms with Gasteiger partial charge in [-0.3, -0.25) is 0 Å². The largest absolute Gasteiger partial charge is 0.377 e. The van der Waals surface area contributed by atoms with Crippen molar-refractivity contribution in [3.05, 3.63) is 17.0 Å². The quantitative estimate of drug-likeness (QED) is 0.840. The second-order valence-electron chi connectivity index (χ2n) is 5.43. The summed E-state index contributed by atoms with van der Waals surface area (Å²) >= 11 is 5.98. The highest BCUT2D eigenvalue weighted by Gasteiger charge is 2.18. The molecule has 2 rings (SSSR count). The summed E-state index contributed by atoms with van der Waals surface area (Å²) in [6, 6.07) is 1.77. The minimum Gasteiger partial charge on any atom is -0.377 e. The standard InChI is InChI=1S/C14H22ClN3O/c1-10-3-5-11(6-4-10)8-16-13-7-12(15)17-14(18-13)9-19-2/h7,10-11H,3-6,8-9H2,1-2H3,(H,16,17,18). The number of ether oxygens (including phenoxy) is 1. The van der Waals surface area contributed by atoms with Gasteiger partial charge in [-0.1, -0.05) is 31.4 Å². The number of nitrogens with one attached hydrogen (secondary N) is 1. The van der Waals surface area contributed by atoms with Crippen LogP contribution in [-0.2, 0) is 11.3 Å². The molecule has 4 nitrogen and oxygen atoms in total. The number of rotatable bonds is 5. The average Bonchev–Trinajstić information content (AvgIpc) is 2.38. The fourth-order valence-corrected chi connectivity index (χ4v) is 2.73. The monoisotopic (exact) mass is 283 g/mol. The Hall–Kier alpha value is -0.870. The van der Waals surface area contributed by atoms with E-state index in [-0.39, 0.29) is 0 Å². The SMILES string of the molecule is COCc1nc(Cl)cc(NCC2CCC(C)CC2)n1. The van der Waals surface area contributed by atoms with Gasteiger partial charge in [0, 0.05) is 19.7 Å². The maximum atomic E-state index is 5.98. The minimum atomic E-state index is 0.385. The third-order valence-corrected chi connectivity index (χ3v) is 3.92. The molecule has 0 unspecified atom stereocenters. The Morgan fingerprint density at radius 3 is 2.74 bits per heavy atom. The lowest BCUT2D eigenvalue weighted by atomic mass is 9.83. The lowest BCUT2D eigenvalue weighted by molar-refractivity contribution is 0.178. The van der Waals surface area contributed by atoms with Crippen LogP contribution < -0.4 is 5.32 Å². The number of anilines is 1. The van der Waals surface area contributed by atoms with Crippen LogP contribution in [0.2, 0.25) is 5.15 Å². The highest BCUT2D eigenvalue weighted by atomic mass is 35.5. The molecule has 0 radical (unpaired) electrons. The Balaban J connectivity index is 1.88. The van der Waals surface area contributed by atoms with E-state index in [1.165, 1.54) is 25.7 Å². The van der Waals surface area contributed by atoms with Gasteiger partial charge in [0.15, 0.2) is 5.82 Å². The summed E-state index contributed by atoms with van der Waals surface area (Å²) in [7, 11) is 1.63. The molecule has 106 valence electrons. The predicted octanol–water partition coefficient (Wildman–Crippen LogP) is 3.51. The number of methoxy groups -OCH3 is 1. The topological polar surface area (TPSA) is 47.0 Å². The molecule has 0 bridgehead atoms. The van der Waals surface area contributed by atoms with Crippen molar-refractivity contribution in [3.8, 4) is 0 Å². The maximum absolute atomic E-state index is 5.98. The molecule has 0 aliphatic heterocycles. The molecule has 19 heavy (non-hydrogen) atoms. The zero-order valence-electron chi connectivity index (χ0n) is 11.7. The van der Waals surface area contributed by atoms with Crippen molar-refractivity contribution in [1.82, 2.24) is 9.97 Å². The van der Waals surface area contributed by atoms with Crippen molar-refractivity contribution < 1.29 is 4.74 Å². The van der Waals surface area contributed by atoms with E-state index in [1.54, 1.807) is 13.2 Å². The van der Waals surface area contributed by atoms with Gasteiger partial charge in [-0.15, -0.1) is 0 Å². The number of hydrogen-bond donors (Lipinski definition) is 1. The molecule has 1 aromatic rings. The van der Waals surface area contributed by atoms with E-state index in [4.69, 9.17) is 16.3 Å². The van der Waals surface area contributed by atoms with E-state index in [0.29, 0.717) is 17.6 Å². The molecular weight excluding hydrogens is 262 g/mol. The second-order valence-corrected chi connectivity index (χ2v) is 5.82. The predicted molar refractivity (Wildman–Crippen MR) is 77.4 cm³/mol. The Labute approximate surface area is 119 Å². The summed E-state index contributed by atoms with van der Waals surface area (Å²) in [6.45, 7) is 3.69. The van der Waals surface area contributed by atoms with Crippen molar-refractivity contribution in [2.24, 2.45) is 11.8 Å². The molecule has 1 aliphatic rings. The van der Waals surface area contributed by atoms with E-state index in [0.717, 1.165) is 24.2 Å². The first-order valence-electron chi connectivity index (χ1n) is 6.93. The summed E-state index contributed by atoms with van der Waals surface area (Å²) in [5.74, 6) is 3.05. The summed E-state index contributed by atoms with van der Waals surface area (Å²) in [5, 5.41) is 3.84. The van der Waals surface area contributed by atoms with Gasteiger partial charge in [-0.05, 0) is 24.7 Å². The lowest BCUT2D eigenvalue weighted by Crippen LogP contribution is -2.20. The van der Waals surface area contributed by atoms with Crippen LogP contribution in [0, 0.1) is 11.8 Å². The first kappa shape index (κ1) is 14.5. The summed E-state index contributed by atoms with van der Waals surface area (Å²) < 4.78 is 5.03. The van der Waals surface area contributed by atoms with Gasteiger partial charge in [0.25, 0.3) is 0 Å². The van der Waals surface area contributed by atoms with Gasteiger partial charge < -0.3 is 10.1 Å². The van der Waals surface area contributed by atoms with Gasteiger partial charge in [0.05, 0.1) is 0 Å². The number of nitrogens with zero attached hydrogens (tertiary/aromatic N) is 2. The van der Waals surface area contributed by atoms with Crippen molar-refractivity contribution in [2.75, 3.05) is 19.0 Å². The van der Waals surface area contributed by atoms with Crippen molar-refractivity contribution in [1.29, 1.82) is 0 Å². The van der Waals surface area contributed by atoms with Gasteiger partial charge in [0.2, 0.25) is 0 Å². The molecular formula is C14H22ClN3O. The molecule has 1 N–H and O–H groups in total. The zero-order valence-corrected chi connectivity index (χ0v) is 12.4. The lowest BCUT2D eigenvalue weighted by Gasteiger charge is -2.26.